The van der Waals surface area contributed by atoms with Gasteiger partial charge in [0, 0.05) is 10.6 Å². The molecule has 0 aliphatic heterocycles. The van der Waals surface area contributed by atoms with Crippen LogP contribution in [0.25, 0.3) is 22.7 Å². The summed E-state index contributed by atoms with van der Waals surface area (Å²) in [6, 6.07) is 29.6. The SMILES string of the molecule is CCOc1cc(/C=C(/C(=O)c2ccccc2)c2nc3ccccc3o2)ccc1OCc1ccc(Cl)cc1. The van der Waals surface area contributed by atoms with Crippen molar-refractivity contribution < 1.29 is 18.7 Å². The van der Waals surface area contributed by atoms with Crippen LogP contribution in [-0.2, 0) is 6.61 Å². The number of rotatable bonds is 9. The molecular weight excluding hydrogens is 486 g/mol. The molecule has 0 N–H and O–H groups in total. The maximum atomic E-state index is 13.6. The number of hydrogen-bond acceptors (Lipinski definition) is 5. The fraction of sp³-hybridized carbons (Fsp3) is 0.0968. The monoisotopic (exact) mass is 509 g/mol. The van der Waals surface area contributed by atoms with Gasteiger partial charge in [0.25, 0.3) is 0 Å². The van der Waals surface area contributed by atoms with Gasteiger partial charge in [-0.3, -0.25) is 4.79 Å². The van der Waals surface area contributed by atoms with Gasteiger partial charge < -0.3 is 13.9 Å². The zero-order valence-corrected chi connectivity index (χ0v) is 20.9. The topological polar surface area (TPSA) is 61.6 Å². The number of nitrogens with zero attached hydrogens (tertiary/aromatic N) is 1. The van der Waals surface area contributed by atoms with Gasteiger partial charge in [-0.05, 0) is 60.5 Å². The van der Waals surface area contributed by atoms with Gasteiger partial charge in [0.1, 0.15) is 12.1 Å². The number of carbonyl (C=O) groups excluding carboxylic acids is 1. The van der Waals surface area contributed by atoms with E-state index in [1.807, 2.05) is 91.9 Å². The van der Waals surface area contributed by atoms with Crippen molar-refractivity contribution in [3.05, 3.63) is 125 Å². The van der Waals surface area contributed by atoms with Gasteiger partial charge in [-0.25, -0.2) is 4.98 Å². The Kier molecular flexibility index (Phi) is 7.33. The lowest BCUT2D eigenvalue weighted by atomic mass is 10.0. The lowest BCUT2D eigenvalue weighted by Gasteiger charge is -2.13. The van der Waals surface area contributed by atoms with Crippen molar-refractivity contribution in [1.82, 2.24) is 4.98 Å². The molecule has 0 bridgehead atoms. The molecule has 0 aliphatic carbocycles. The molecule has 0 aliphatic rings. The zero-order chi connectivity index (χ0) is 25.6. The highest BCUT2D eigenvalue weighted by atomic mass is 35.5. The van der Waals surface area contributed by atoms with Crippen molar-refractivity contribution in [1.29, 1.82) is 0 Å². The molecule has 184 valence electrons. The number of benzene rings is 4. The molecule has 1 aromatic heterocycles. The zero-order valence-electron chi connectivity index (χ0n) is 20.2. The lowest BCUT2D eigenvalue weighted by molar-refractivity contribution is 0.105. The summed E-state index contributed by atoms with van der Waals surface area (Å²) >= 11 is 5.98. The number of para-hydroxylation sites is 2. The van der Waals surface area contributed by atoms with E-state index in [1.54, 1.807) is 18.2 Å². The summed E-state index contributed by atoms with van der Waals surface area (Å²) in [4.78, 5) is 18.1. The molecule has 4 aromatic carbocycles. The minimum atomic E-state index is -0.187. The molecule has 5 aromatic rings. The van der Waals surface area contributed by atoms with Gasteiger partial charge in [0.2, 0.25) is 5.89 Å². The van der Waals surface area contributed by atoms with E-state index in [0.29, 0.717) is 52.0 Å². The second kappa shape index (κ2) is 11.1. The Balaban J connectivity index is 1.51. The third-order valence-corrected chi connectivity index (χ3v) is 5.94. The highest BCUT2D eigenvalue weighted by molar-refractivity contribution is 6.31. The van der Waals surface area contributed by atoms with E-state index in [-0.39, 0.29) is 11.7 Å². The van der Waals surface area contributed by atoms with Crippen LogP contribution in [0.4, 0.5) is 0 Å². The first kappa shape index (κ1) is 24.3. The number of Topliss-reactive ketones (excluding diaryl/α,β-unsaturated/α-hetero) is 1. The Labute approximate surface area is 219 Å². The first-order chi connectivity index (χ1) is 18.1. The van der Waals surface area contributed by atoms with Crippen molar-refractivity contribution in [2.45, 2.75) is 13.5 Å². The minimum Gasteiger partial charge on any atom is -0.490 e. The number of halogens is 1. The number of hydrogen-bond donors (Lipinski definition) is 0. The van der Waals surface area contributed by atoms with E-state index in [0.717, 1.165) is 11.1 Å². The molecule has 0 amide bonds. The van der Waals surface area contributed by atoms with Crippen LogP contribution in [-0.4, -0.2) is 17.4 Å². The molecule has 1 heterocycles. The average Bonchev–Trinajstić information content (AvgIpc) is 3.36. The largest absolute Gasteiger partial charge is 0.490 e. The Morgan fingerprint density at radius 3 is 2.41 bits per heavy atom. The molecule has 0 spiro atoms. The van der Waals surface area contributed by atoms with E-state index < -0.39 is 0 Å². The summed E-state index contributed by atoms with van der Waals surface area (Å²) in [5, 5.41) is 0.676. The minimum absolute atomic E-state index is 0.187. The molecule has 0 saturated heterocycles. The fourth-order valence-corrected chi connectivity index (χ4v) is 3.99. The van der Waals surface area contributed by atoms with Crippen LogP contribution in [0, 0.1) is 0 Å². The summed E-state index contributed by atoms with van der Waals surface area (Å²) < 4.78 is 17.9. The number of ketones is 1. The molecule has 0 radical (unpaired) electrons. The van der Waals surface area contributed by atoms with Crippen molar-refractivity contribution >= 4 is 40.1 Å². The molecule has 5 nitrogen and oxygen atoms in total. The Morgan fingerprint density at radius 2 is 1.65 bits per heavy atom. The van der Waals surface area contributed by atoms with Crippen LogP contribution in [0.1, 0.15) is 34.3 Å². The average molecular weight is 510 g/mol. The molecule has 0 fully saturated rings. The normalized spacial score (nSPS) is 11.5. The third kappa shape index (κ3) is 5.74. The maximum absolute atomic E-state index is 13.6. The van der Waals surface area contributed by atoms with Crippen LogP contribution in [0.5, 0.6) is 11.5 Å². The maximum Gasteiger partial charge on any atom is 0.231 e. The van der Waals surface area contributed by atoms with Gasteiger partial charge in [-0.1, -0.05) is 72.3 Å². The quantitative estimate of drug-likeness (QED) is 0.149. The molecule has 5 rings (SSSR count). The highest BCUT2D eigenvalue weighted by Crippen LogP contribution is 2.32. The van der Waals surface area contributed by atoms with Crippen LogP contribution in [0.15, 0.2) is 101 Å². The molecule has 0 unspecified atom stereocenters. The lowest BCUT2D eigenvalue weighted by Crippen LogP contribution is -2.03. The summed E-state index contributed by atoms with van der Waals surface area (Å²) in [6.45, 7) is 2.74. The molecule has 6 heteroatoms. The molecule has 0 atom stereocenters. The number of oxazole rings is 1. The number of fused-ring (bicyclic) bond motifs is 1. The second-order valence-corrected chi connectivity index (χ2v) is 8.73. The fourth-order valence-electron chi connectivity index (χ4n) is 3.87. The highest BCUT2D eigenvalue weighted by Gasteiger charge is 2.20. The smallest absolute Gasteiger partial charge is 0.231 e. The molecule has 0 saturated carbocycles. The van der Waals surface area contributed by atoms with Crippen molar-refractivity contribution in [3.8, 4) is 11.5 Å². The summed E-state index contributed by atoms with van der Waals surface area (Å²) in [7, 11) is 0. The van der Waals surface area contributed by atoms with Crippen molar-refractivity contribution in [3.63, 3.8) is 0 Å². The predicted molar refractivity (Wildman–Crippen MR) is 146 cm³/mol. The Bertz CT molecular complexity index is 1520. The number of allylic oxidation sites excluding steroid dienone is 1. The van der Waals surface area contributed by atoms with E-state index in [4.69, 9.17) is 25.5 Å². The van der Waals surface area contributed by atoms with Gasteiger partial charge in [0.15, 0.2) is 22.9 Å². The number of aromatic nitrogens is 1. The predicted octanol–water partition coefficient (Wildman–Crippen LogP) is 7.88. The summed E-state index contributed by atoms with van der Waals surface area (Å²) in [6.07, 6.45) is 1.77. The van der Waals surface area contributed by atoms with Gasteiger partial charge in [-0.15, -0.1) is 0 Å². The van der Waals surface area contributed by atoms with Crippen LogP contribution >= 0.6 is 11.6 Å². The van der Waals surface area contributed by atoms with Crippen molar-refractivity contribution in [2.75, 3.05) is 6.61 Å². The summed E-state index contributed by atoms with van der Waals surface area (Å²) in [5.74, 6) is 1.25. The van der Waals surface area contributed by atoms with Crippen LogP contribution in [0.3, 0.4) is 0 Å². The standard InChI is InChI=1S/C31H24ClNO4/c1-2-35-29-19-22(14-17-28(29)36-20-21-12-15-24(32)16-13-21)18-25(30(34)23-8-4-3-5-9-23)31-33-26-10-6-7-11-27(26)37-31/h3-19H,2,20H2,1H3/b25-18-. The van der Waals surface area contributed by atoms with Gasteiger partial charge >= 0.3 is 0 Å². The second-order valence-electron chi connectivity index (χ2n) is 8.29. The van der Waals surface area contributed by atoms with E-state index in [1.165, 1.54) is 0 Å². The first-order valence-electron chi connectivity index (χ1n) is 11.9. The van der Waals surface area contributed by atoms with Gasteiger partial charge in [0.05, 0.1) is 12.2 Å². The Hall–Kier alpha value is -4.35. The number of ether oxygens (including phenoxy) is 2. The van der Waals surface area contributed by atoms with E-state index in [2.05, 4.69) is 4.98 Å². The number of carbonyl (C=O) groups is 1. The van der Waals surface area contributed by atoms with Crippen LogP contribution in [0.2, 0.25) is 5.02 Å². The van der Waals surface area contributed by atoms with Crippen LogP contribution < -0.4 is 9.47 Å². The van der Waals surface area contributed by atoms with E-state index >= 15 is 0 Å². The molecule has 37 heavy (non-hydrogen) atoms. The third-order valence-electron chi connectivity index (χ3n) is 5.69. The van der Waals surface area contributed by atoms with E-state index in [9.17, 15) is 4.79 Å². The van der Waals surface area contributed by atoms with Gasteiger partial charge in [-0.2, -0.15) is 0 Å². The first-order valence-corrected chi connectivity index (χ1v) is 12.3. The Morgan fingerprint density at radius 1 is 0.892 bits per heavy atom. The van der Waals surface area contributed by atoms with Crippen molar-refractivity contribution in [2.24, 2.45) is 0 Å². The molecular formula is C31H24ClNO4. The summed E-state index contributed by atoms with van der Waals surface area (Å²) in [5.41, 5.74) is 3.94.